The second-order valence-electron chi connectivity index (χ2n) is 4.37. The summed E-state index contributed by atoms with van der Waals surface area (Å²) in [7, 11) is 0. The molecule has 0 spiro atoms. The summed E-state index contributed by atoms with van der Waals surface area (Å²) in [4.78, 5) is 23.8. The molecule has 0 aliphatic heterocycles. The largest absolute Gasteiger partial charge is 0.418 e. The Bertz CT molecular complexity index is 300. The zero-order valence-corrected chi connectivity index (χ0v) is 10.3. The maximum Gasteiger partial charge on any atom is 0.415 e. The van der Waals surface area contributed by atoms with Crippen LogP contribution in [0.3, 0.4) is 0 Å². The molecule has 0 aliphatic rings. The first kappa shape index (κ1) is 14.4. The second-order valence-corrected chi connectivity index (χ2v) is 4.37. The predicted octanol–water partition coefficient (Wildman–Crippen LogP) is 2.51. The molecular formula is C12H19NO3. The number of rotatable bonds is 4. The number of hydrogen-bond donors (Lipinski definition) is 0. The highest BCUT2D eigenvalue weighted by Crippen LogP contribution is 2.14. The number of ether oxygens (including phenoxy) is 1. The quantitative estimate of drug-likeness (QED) is 0.419. The van der Waals surface area contributed by atoms with Crippen LogP contribution in [0.5, 0.6) is 0 Å². The third-order valence-electron chi connectivity index (χ3n) is 1.81. The highest BCUT2D eigenvalue weighted by atomic mass is 16.5. The van der Waals surface area contributed by atoms with Crippen LogP contribution in [0.4, 0.5) is 4.79 Å². The lowest BCUT2D eigenvalue weighted by molar-refractivity contribution is -0.112. The average molecular weight is 225 g/mol. The summed E-state index contributed by atoms with van der Waals surface area (Å²) >= 11 is 0. The van der Waals surface area contributed by atoms with Crippen LogP contribution < -0.4 is 0 Å². The lowest BCUT2D eigenvalue weighted by Gasteiger charge is -2.33. The molecule has 0 aliphatic carbocycles. The van der Waals surface area contributed by atoms with E-state index in [-0.39, 0.29) is 11.3 Å². The molecule has 90 valence electrons. The number of hydrogen-bond acceptors (Lipinski definition) is 3. The van der Waals surface area contributed by atoms with Gasteiger partial charge < -0.3 is 4.74 Å². The fourth-order valence-electron chi connectivity index (χ4n) is 1.00. The van der Waals surface area contributed by atoms with Crippen molar-refractivity contribution in [3.63, 3.8) is 0 Å². The van der Waals surface area contributed by atoms with Gasteiger partial charge in [-0.15, -0.1) is 6.58 Å². The van der Waals surface area contributed by atoms with Gasteiger partial charge >= 0.3 is 6.09 Å². The Morgan fingerprint density at radius 1 is 1.38 bits per heavy atom. The molecule has 0 atom stereocenters. The van der Waals surface area contributed by atoms with E-state index in [1.54, 1.807) is 6.08 Å². The molecule has 0 rings (SSSR count). The van der Waals surface area contributed by atoms with Crippen molar-refractivity contribution in [1.82, 2.24) is 4.90 Å². The third-order valence-corrected chi connectivity index (χ3v) is 1.81. The van der Waals surface area contributed by atoms with Crippen LogP contribution in [0, 0.1) is 0 Å². The van der Waals surface area contributed by atoms with E-state index < -0.39 is 6.09 Å². The normalized spacial score (nSPS) is 11.2. The highest BCUT2D eigenvalue weighted by Gasteiger charge is 2.26. The molecule has 0 aromatic carbocycles. The van der Waals surface area contributed by atoms with Crippen LogP contribution in [-0.4, -0.2) is 28.9 Å². The summed E-state index contributed by atoms with van der Waals surface area (Å²) in [6.07, 6.45) is 3.44. The van der Waals surface area contributed by atoms with Crippen molar-refractivity contribution in [3.8, 4) is 0 Å². The first-order valence-electron chi connectivity index (χ1n) is 5.05. The Morgan fingerprint density at radius 2 is 1.94 bits per heavy atom. The van der Waals surface area contributed by atoms with Crippen molar-refractivity contribution >= 4 is 11.9 Å². The molecule has 0 aromatic rings. The lowest BCUT2D eigenvalue weighted by Crippen LogP contribution is -2.45. The molecule has 4 nitrogen and oxygen atoms in total. The van der Waals surface area contributed by atoms with Gasteiger partial charge in [0.05, 0.1) is 6.26 Å². The fourth-order valence-corrected chi connectivity index (χ4v) is 1.00. The van der Waals surface area contributed by atoms with Crippen molar-refractivity contribution < 1.29 is 14.3 Å². The molecule has 0 saturated heterocycles. The standard InChI is InChI=1S/C12H19NO3/c1-6-8-13(12(3,4)5)11(15)16-9-7-10(2)14/h6-7,9H,1,8H2,2-5H3/b9-7+. The monoisotopic (exact) mass is 225 g/mol. The highest BCUT2D eigenvalue weighted by molar-refractivity contribution is 5.87. The number of ketones is 1. The zero-order chi connectivity index (χ0) is 12.8. The van der Waals surface area contributed by atoms with Gasteiger partial charge in [0, 0.05) is 18.2 Å². The van der Waals surface area contributed by atoms with E-state index >= 15 is 0 Å². The second kappa shape index (κ2) is 6.10. The topological polar surface area (TPSA) is 46.6 Å². The van der Waals surface area contributed by atoms with Crippen molar-refractivity contribution in [1.29, 1.82) is 0 Å². The van der Waals surface area contributed by atoms with E-state index in [0.717, 1.165) is 6.26 Å². The number of allylic oxidation sites excluding steroid dienone is 1. The molecule has 0 saturated carbocycles. The van der Waals surface area contributed by atoms with E-state index in [9.17, 15) is 9.59 Å². The number of carbonyl (C=O) groups is 2. The summed E-state index contributed by atoms with van der Waals surface area (Å²) in [5.74, 6) is -0.168. The molecule has 0 aromatic heterocycles. The van der Waals surface area contributed by atoms with E-state index in [4.69, 9.17) is 4.74 Å². The van der Waals surface area contributed by atoms with Gasteiger partial charge in [-0.3, -0.25) is 9.69 Å². The molecule has 0 radical (unpaired) electrons. The van der Waals surface area contributed by atoms with Gasteiger partial charge in [-0.05, 0) is 27.7 Å². The number of amides is 1. The average Bonchev–Trinajstić information content (AvgIpc) is 2.11. The molecule has 0 N–H and O–H groups in total. The smallest absolute Gasteiger partial charge is 0.415 e. The van der Waals surface area contributed by atoms with Crippen molar-refractivity contribution in [2.24, 2.45) is 0 Å². The Balaban J connectivity index is 4.51. The van der Waals surface area contributed by atoms with Gasteiger partial charge in [0.15, 0.2) is 5.78 Å². The summed E-state index contributed by atoms with van der Waals surface area (Å²) in [6, 6.07) is 0. The molecular weight excluding hydrogens is 206 g/mol. The summed E-state index contributed by atoms with van der Waals surface area (Å²) in [5.41, 5.74) is -0.352. The van der Waals surface area contributed by atoms with E-state index in [2.05, 4.69) is 6.58 Å². The molecule has 1 amide bonds. The Labute approximate surface area is 96.6 Å². The minimum Gasteiger partial charge on any atom is -0.418 e. The minimum absolute atomic E-state index is 0.168. The Hall–Kier alpha value is -1.58. The van der Waals surface area contributed by atoms with Crippen molar-refractivity contribution in [2.45, 2.75) is 33.2 Å². The lowest BCUT2D eigenvalue weighted by atomic mass is 10.1. The fraction of sp³-hybridized carbons (Fsp3) is 0.500. The van der Waals surface area contributed by atoms with E-state index in [1.807, 2.05) is 20.8 Å². The van der Waals surface area contributed by atoms with Gasteiger partial charge in [0.25, 0.3) is 0 Å². The van der Waals surface area contributed by atoms with Crippen molar-refractivity contribution in [3.05, 3.63) is 25.0 Å². The van der Waals surface area contributed by atoms with Crippen LogP contribution in [0.15, 0.2) is 25.0 Å². The third kappa shape index (κ3) is 5.34. The van der Waals surface area contributed by atoms with Crippen LogP contribution in [-0.2, 0) is 9.53 Å². The minimum atomic E-state index is -0.495. The van der Waals surface area contributed by atoms with Crippen LogP contribution in [0.1, 0.15) is 27.7 Å². The summed E-state index contributed by atoms with van der Waals surface area (Å²) in [5, 5.41) is 0. The van der Waals surface area contributed by atoms with Gasteiger partial charge in [-0.2, -0.15) is 0 Å². The summed E-state index contributed by atoms with van der Waals surface area (Å²) < 4.78 is 4.83. The van der Waals surface area contributed by atoms with Gasteiger partial charge in [-0.1, -0.05) is 6.08 Å². The maximum atomic E-state index is 11.7. The first-order chi connectivity index (χ1) is 7.29. The van der Waals surface area contributed by atoms with E-state index in [0.29, 0.717) is 6.54 Å². The van der Waals surface area contributed by atoms with Crippen LogP contribution in [0.2, 0.25) is 0 Å². The molecule has 16 heavy (non-hydrogen) atoms. The first-order valence-corrected chi connectivity index (χ1v) is 5.05. The summed E-state index contributed by atoms with van der Waals surface area (Å²) in [6.45, 7) is 11.1. The van der Waals surface area contributed by atoms with Gasteiger partial charge in [0.2, 0.25) is 0 Å². The molecule has 0 fully saturated rings. The molecule has 0 heterocycles. The molecule has 4 heteroatoms. The number of carbonyl (C=O) groups excluding carboxylic acids is 2. The Kier molecular flexibility index (Phi) is 5.50. The Morgan fingerprint density at radius 3 is 2.31 bits per heavy atom. The van der Waals surface area contributed by atoms with Crippen LogP contribution >= 0.6 is 0 Å². The van der Waals surface area contributed by atoms with Gasteiger partial charge in [0.1, 0.15) is 0 Å². The molecule has 0 bridgehead atoms. The maximum absolute atomic E-state index is 11.7. The van der Waals surface area contributed by atoms with Gasteiger partial charge in [-0.25, -0.2) is 4.79 Å². The molecule has 0 unspecified atom stereocenters. The number of nitrogens with zero attached hydrogens (tertiary/aromatic N) is 1. The van der Waals surface area contributed by atoms with Crippen LogP contribution in [0.25, 0.3) is 0 Å². The van der Waals surface area contributed by atoms with E-state index in [1.165, 1.54) is 17.9 Å². The van der Waals surface area contributed by atoms with Crippen molar-refractivity contribution in [2.75, 3.05) is 6.54 Å². The zero-order valence-electron chi connectivity index (χ0n) is 10.3. The predicted molar refractivity (Wildman–Crippen MR) is 63.0 cm³/mol. The SMILES string of the molecule is C=CCN(C(=O)O/C=C/C(C)=O)C(C)(C)C.